The molecule has 1 saturated heterocycles. The van der Waals surface area contributed by atoms with Crippen LogP contribution in [-0.4, -0.2) is 40.0 Å². The van der Waals surface area contributed by atoms with Gasteiger partial charge in [-0.2, -0.15) is 0 Å². The van der Waals surface area contributed by atoms with E-state index in [4.69, 9.17) is 4.74 Å². The van der Waals surface area contributed by atoms with E-state index in [2.05, 4.69) is 64.0 Å². The molecule has 0 bridgehead atoms. The van der Waals surface area contributed by atoms with E-state index in [0.29, 0.717) is 17.9 Å². The number of hydrogen-bond donors (Lipinski definition) is 1. The monoisotopic (exact) mass is 366 g/mol. The van der Waals surface area contributed by atoms with Crippen molar-refractivity contribution in [3.8, 4) is 5.88 Å². The number of rotatable bonds is 7. The van der Waals surface area contributed by atoms with E-state index in [-0.39, 0.29) is 5.88 Å². The van der Waals surface area contributed by atoms with E-state index in [1.165, 1.54) is 11.8 Å². The summed E-state index contributed by atoms with van der Waals surface area (Å²) in [5.74, 6) is 0.318. The number of ether oxygens (including phenoxy) is 1. The van der Waals surface area contributed by atoms with Crippen LogP contribution in [-0.2, 0) is 4.79 Å². The number of esters is 1. The first kappa shape index (κ1) is 19.0. The van der Waals surface area contributed by atoms with Crippen LogP contribution in [0.4, 0.5) is 5.82 Å². The van der Waals surface area contributed by atoms with Gasteiger partial charge in [0.05, 0.1) is 12.4 Å². The third-order valence-corrected chi connectivity index (χ3v) is 4.82. The smallest absolute Gasteiger partial charge is 0.336 e. The largest absolute Gasteiger partial charge is 0.403 e. The second kappa shape index (κ2) is 9.28. The molecule has 3 rings (SSSR count). The molecule has 1 aromatic heterocycles. The number of nitrogens with one attached hydrogen (secondary N) is 1. The molecule has 0 saturated carbocycles. The summed E-state index contributed by atoms with van der Waals surface area (Å²) < 4.78 is 4.95. The molecule has 2 atom stereocenters. The Hall–Kier alpha value is -2.73. The number of carbonyl (C=O) groups excluding carboxylic acids is 1. The molecular formula is C21H26N4O2. The maximum Gasteiger partial charge on any atom is 0.336 e. The topological polar surface area (TPSA) is 67.3 Å². The van der Waals surface area contributed by atoms with Crippen LogP contribution in [0.1, 0.15) is 37.8 Å². The molecule has 1 unspecified atom stereocenters. The molecule has 0 spiro atoms. The maximum absolute atomic E-state index is 11.2. The second-order valence-electron chi connectivity index (χ2n) is 6.68. The summed E-state index contributed by atoms with van der Waals surface area (Å²) in [6.45, 7) is 7.67. The maximum atomic E-state index is 11.2. The van der Waals surface area contributed by atoms with Crippen LogP contribution in [0.25, 0.3) is 0 Å². The predicted molar refractivity (Wildman–Crippen MR) is 106 cm³/mol. The molecule has 27 heavy (non-hydrogen) atoms. The highest BCUT2D eigenvalue weighted by atomic mass is 16.5. The minimum Gasteiger partial charge on any atom is -0.403 e. The standard InChI is InChI=1S/C21H26N4O2/c1-3-18(16-9-6-5-7-10-16)25-12-8-11-17(15-25)24-19-13-23-20(14-22-19)27-21(26)4-2/h4-7,9-10,13-14,17-18H,2-3,8,11-12,15H2,1H3,(H,22,24)/t17-,18?/m1/s1. The molecule has 0 aliphatic carbocycles. The molecule has 2 aromatic rings. The van der Waals surface area contributed by atoms with Crippen LogP contribution in [0.5, 0.6) is 5.88 Å². The zero-order valence-corrected chi connectivity index (χ0v) is 15.7. The lowest BCUT2D eigenvalue weighted by Gasteiger charge is -2.38. The molecule has 1 aliphatic rings. The van der Waals surface area contributed by atoms with Gasteiger partial charge in [-0.3, -0.25) is 4.90 Å². The molecule has 1 N–H and O–H groups in total. The van der Waals surface area contributed by atoms with E-state index in [0.717, 1.165) is 38.4 Å². The number of piperidine rings is 1. The first-order valence-electron chi connectivity index (χ1n) is 9.41. The summed E-state index contributed by atoms with van der Waals surface area (Å²) in [6, 6.07) is 11.4. The van der Waals surface area contributed by atoms with Gasteiger partial charge in [0, 0.05) is 24.7 Å². The lowest BCUT2D eigenvalue weighted by Crippen LogP contribution is -2.43. The minimum absolute atomic E-state index is 0.172. The van der Waals surface area contributed by atoms with Gasteiger partial charge >= 0.3 is 5.97 Å². The predicted octanol–water partition coefficient (Wildman–Crippen LogP) is 3.60. The van der Waals surface area contributed by atoms with Crippen molar-refractivity contribution in [3.05, 3.63) is 60.9 Å². The average Bonchev–Trinajstić information content (AvgIpc) is 2.71. The van der Waals surface area contributed by atoms with Gasteiger partial charge in [-0.1, -0.05) is 43.8 Å². The Morgan fingerprint density at radius 3 is 2.85 bits per heavy atom. The van der Waals surface area contributed by atoms with Crippen LogP contribution in [0.3, 0.4) is 0 Å². The van der Waals surface area contributed by atoms with Crippen LogP contribution < -0.4 is 10.1 Å². The van der Waals surface area contributed by atoms with E-state index >= 15 is 0 Å². The lowest BCUT2D eigenvalue weighted by atomic mass is 9.98. The highest BCUT2D eigenvalue weighted by molar-refractivity contribution is 5.83. The Kier molecular flexibility index (Phi) is 6.54. The molecule has 0 amide bonds. The summed E-state index contributed by atoms with van der Waals surface area (Å²) in [7, 11) is 0. The van der Waals surface area contributed by atoms with E-state index in [1.54, 1.807) is 6.20 Å². The molecule has 2 heterocycles. The Balaban J connectivity index is 1.61. The summed E-state index contributed by atoms with van der Waals surface area (Å²) >= 11 is 0. The minimum atomic E-state index is -0.542. The molecule has 6 heteroatoms. The zero-order valence-electron chi connectivity index (χ0n) is 15.7. The molecule has 1 aliphatic heterocycles. The van der Waals surface area contributed by atoms with E-state index in [9.17, 15) is 4.79 Å². The highest BCUT2D eigenvalue weighted by Gasteiger charge is 2.26. The molecule has 142 valence electrons. The van der Waals surface area contributed by atoms with Gasteiger partial charge in [0.15, 0.2) is 0 Å². The number of benzene rings is 1. The molecule has 1 fully saturated rings. The van der Waals surface area contributed by atoms with Crippen molar-refractivity contribution in [1.29, 1.82) is 0 Å². The number of hydrogen-bond acceptors (Lipinski definition) is 6. The van der Waals surface area contributed by atoms with Gasteiger partial charge in [-0.05, 0) is 31.4 Å². The molecule has 0 radical (unpaired) electrons. The van der Waals surface area contributed by atoms with Gasteiger partial charge < -0.3 is 10.1 Å². The Bertz CT molecular complexity index is 749. The van der Waals surface area contributed by atoms with Gasteiger partial charge in [-0.15, -0.1) is 0 Å². The van der Waals surface area contributed by atoms with Crippen LogP contribution in [0, 0.1) is 0 Å². The Morgan fingerprint density at radius 2 is 2.19 bits per heavy atom. The SMILES string of the molecule is C=CC(=O)Oc1cnc(N[C@@H]2CCCN(C(CC)c3ccccc3)C2)cn1. The van der Waals surface area contributed by atoms with Gasteiger partial charge in [0.25, 0.3) is 0 Å². The fourth-order valence-corrected chi connectivity index (χ4v) is 3.58. The highest BCUT2D eigenvalue weighted by Crippen LogP contribution is 2.28. The molecule has 6 nitrogen and oxygen atoms in total. The van der Waals surface area contributed by atoms with Crippen molar-refractivity contribution < 1.29 is 9.53 Å². The average molecular weight is 366 g/mol. The normalized spacial score (nSPS) is 18.5. The first-order chi connectivity index (χ1) is 13.2. The third kappa shape index (κ3) is 5.14. The number of anilines is 1. The van der Waals surface area contributed by atoms with Crippen molar-refractivity contribution in [2.24, 2.45) is 0 Å². The van der Waals surface area contributed by atoms with Crippen molar-refractivity contribution in [1.82, 2.24) is 14.9 Å². The van der Waals surface area contributed by atoms with Gasteiger partial charge in [0.2, 0.25) is 5.88 Å². The Labute approximate surface area is 160 Å². The lowest BCUT2D eigenvalue weighted by molar-refractivity contribution is -0.129. The summed E-state index contributed by atoms with van der Waals surface area (Å²) in [5, 5.41) is 3.46. The summed E-state index contributed by atoms with van der Waals surface area (Å²) in [5.41, 5.74) is 1.37. The van der Waals surface area contributed by atoms with Crippen LogP contribution in [0.15, 0.2) is 55.4 Å². The zero-order chi connectivity index (χ0) is 19.1. The fraction of sp³-hybridized carbons (Fsp3) is 0.381. The van der Waals surface area contributed by atoms with Gasteiger partial charge in [-0.25, -0.2) is 14.8 Å². The van der Waals surface area contributed by atoms with Crippen LogP contribution in [0.2, 0.25) is 0 Å². The quantitative estimate of drug-likeness (QED) is 0.597. The van der Waals surface area contributed by atoms with E-state index < -0.39 is 5.97 Å². The van der Waals surface area contributed by atoms with Crippen molar-refractivity contribution in [2.75, 3.05) is 18.4 Å². The van der Waals surface area contributed by atoms with Crippen molar-refractivity contribution in [2.45, 2.75) is 38.3 Å². The third-order valence-electron chi connectivity index (χ3n) is 4.82. The van der Waals surface area contributed by atoms with Crippen LogP contribution >= 0.6 is 0 Å². The number of likely N-dealkylation sites (tertiary alicyclic amines) is 1. The molecular weight excluding hydrogens is 340 g/mol. The van der Waals surface area contributed by atoms with Crippen molar-refractivity contribution in [3.63, 3.8) is 0 Å². The fourth-order valence-electron chi connectivity index (χ4n) is 3.58. The van der Waals surface area contributed by atoms with E-state index in [1.807, 2.05) is 0 Å². The summed E-state index contributed by atoms with van der Waals surface area (Å²) in [6.07, 6.45) is 7.46. The second-order valence-corrected chi connectivity index (χ2v) is 6.68. The first-order valence-corrected chi connectivity index (χ1v) is 9.41. The van der Waals surface area contributed by atoms with Crippen molar-refractivity contribution >= 4 is 11.8 Å². The van der Waals surface area contributed by atoms with Gasteiger partial charge in [0.1, 0.15) is 5.82 Å². The molecule has 1 aromatic carbocycles. The number of carbonyl (C=O) groups is 1. The number of nitrogens with zero attached hydrogens (tertiary/aromatic N) is 3. The summed E-state index contributed by atoms with van der Waals surface area (Å²) in [4.78, 5) is 22.2. The Morgan fingerprint density at radius 1 is 1.37 bits per heavy atom. The number of aromatic nitrogens is 2.